The maximum atomic E-state index is 11.5. The van der Waals surface area contributed by atoms with E-state index in [0.29, 0.717) is 6.54 Å². The molecule has 2 N–H and O–H groups in total. The van der Waals surface area contributed by atoms with Gasteiger partial charge in [-0.05, 0) is 18.3 Å². The summed E-state index contributed by atoms with van der Waals surface area (Å²) in [6.07, 6.45) is 2.10. The second kappa shape index (κ2) is 5.08. The third-order valence-electron chi connectivity index (χ3n) is 3.37. The highest BCUT2D eigenvalue weighted by atomic mass is 16.6. The van der Waals surface area contributed by atoms with Crippen LogP contribution in [0.2, 0.25) is 0 Å². The van der Waals surface area contributed by atoms with Crippen LogP contribution in [0.3, 0.4) is 0 Å². The Kier molecular flexibility index (Phi) is 4.24. The van der Waals surface area contributed by atoms with E-state index in [1.165, 1.54) is 0 Å². The summed E-state index contributed by atoms with van der Waals surface area (Å²) in [7, 11) is 1.58. The molecule has 0 radical (unpaired) electrons. The predicted octanol–water partition coefficient (Wildman–Crippen LogP) is 0.917. The first-order valence-corrected chi connectivity index (χ1v) is 5.51. The first-order chi connectivity index (χ1) is 7.45. The van der Waals surface area contributed by atoms with E-state index in [2.05, 4.69) is 25.4 Å². The Morgan fingerprint density at radius 1 is 1.56 bits per heavy atom. The van der Waals surface area contributed by atoms with Gasteiger partial charge >= 0.3 is 0 Å². The molecule has 0 aromatic heterocycles. The van der Waals surface area contributed by atoms with E-state index in [1.54, 1.807) is 7.11 Å². The van der Waals surface area contributed by atoms with Crippen LogP contribution in [0.25, 0.3) is 0 Å². The van der Waals surface area contributed by atoms with E-state index in [9.17, 15) is 4.79 Å². The third-order valence-corrected chi connectivity index (χ3v) is 3.37. The highest BCUT2D eigenvalue weighted by Gasteiger charge is 2.59. The minimum Gasteiger partial charge on any atom is -0.389 e. The number of rotatable bonds is 6. The molecule has 0 amide bonds. The van der Waals surface area contributed by atoms with Gasteiger partial charge in [-0.2, -0.15) is 5.48 Å². The van der Waals surface area contributed by atoms with Gasteiger partial charge in [-0.3, -0.25) is 4.79 Å². The second-order valence-corrected chi connectivity index (χ2v) is 4.99. The highest BCUT2D eigenvalue weighted by molar-refractivity contribution is 5.86. The maximum Gasteiger partial charge on any atom is 0.162 e. The van der Waals surface area contributed by atoms with Crippen molar-refractivity contribution in [2.24, 2.45) is 17.3 Å². The smallest absolute Gasteiger partial charge is 0.162 e. The van der Waals surface area contributed by atoms with Crippen molar-refractivity contribution < 1.29 is 14.7 Å². The zero-order valence-electron chi connectivity index (χ0n) is 10.4. The molecule has 0 aromatic rings. The minimum atomic E-state index is -0.353. The van der Waals surface area contributed by atoms with E-state index in [1.807, 2.05) is 6.92 Å². The van der Waals surface area contributed by atoms with Gasteiger partial charge in [0, 0.05) is 12.5 Å². The lowest BCUT2D eigenvalue weighted by molar-refractivity contribution is -0.123. The average Bonchev–Trinajstić information content (AvgIpc) is 2.76. The van der Waals surface area contributed by atoms with Crippen molar-refractivity contribution in [3.8, 4) is 0 Å². The number of carbonyl (C=O) groups excluding carboxylic acids is 1. The lowest BCUT2D eigenvalue weighted by Crippen LogP contribution is -2.14. The topological polar surface area (TPSA) is 58.6 Å². The van der Waals surface area contributed by atoms with Crippen LogP contribution in [0.5, 0.6) is 0 Å². The summed E-state index contributed by atoms with van der Waals surface area (Å²) in [6, 6.07) is 0. The van der Waals surface area contributed by atoms with Gasteiger partial charge < -0.3 is 9.94 Å². The molecule has 1 rings (SSSR count). The van der Waals surface area contributed by atoms with Gasteiger partial charge in [0.15, 0.2) is 5.78 Å². The van der Waals surface area contributed by atoms with Gasteiger partial charge in [0.2, 0.25) is 0 Å². The quantitative estimate of drug-likeness (QED) is 0.523. The number of aliphatic hydroxyl groups is 1. The Hall–Kier alpha value is -0.710. The Morgan fingerprint density at radius 2 is 2.19 bits per heavy atom. The average molecular weight is 227 g/mol. The zero-order valence-corrected chi connectivity index (χ0v) is 10.4. The fraction of sp³-hybridized carbons (Fsp3) is 0.750. The summed E-state index contributed by atoms with van der Waals surface area (Å²) in [6.45, 7) is 6.42. The summed E-state index contributed by atoms with van der Waals surface area (Å²) in [5, 5.41) is 8.87. The van der Waals surface area contributed by atoms with E-state index >= 15 is 0 Å². The van der Waals surface area contributed by atoms with E-state index in [0.717, 1.165) is 5.57 Å². The molecule has 92 valence electrons. The molecule has 2 unspecified atom stereocenters. The van der Waals surface area contributed by atoms with Crippen LogP contribution in [-0.4, -0.2) is 31.2 Å². The van der Waals surface area contributed by atoms with Crippen molar-refractivity contribution in [1.29, 1.82) is 0 Å². The number of Topliss-reactive ketones (excluding diaryl/α,β-unsaturated/α-hetero) is 1. The number of allylic oxidation sites excluding steroid dienone is 1. The molecular formula is C12H21NO3. The zero-order chi connectivity index (χ0) is 12.3. The molecule has 1 saturated carbocycles. The number of aliphatic hydroxyl groups excluding tert-OH is 1. The van der Waals surface area contributed by atoms with E-state index < -0.39 is 0 Å². The van der Waals surface area contributed by atoms with Crippen LogP contribution < -0.4 is 5.48 Å². The van der Waals surface area contributed by atoms with Crippen LogP contribution in [0.4, 0.5) is 0 Å². The van der Waals surface area contributed by atoms with E-state index in [-0.39, 0.29) is 29.6 Å². The molecule has 2 atom stereocenters. The first kappa shape index (κ1) is 13.4. The number of hydrogen-bond donors (Lipinski definition) is 2. The van der Waals surface area contributed by atoms with Crippen molar-refractivity contribution >= 4 is 5.78 Å². The Labute approximate surface area is 96.6 Å². The van der Waals surface area contributed by atoms with Crippen LogP contribution in [-0.2, 0) is 9.63 Å². The van der Waals surface area contributed by atoms with Gasteiger partial charge in [0.25, 0.3) is 0 Å². The molecule has 4 nitrogen and oxygen atoms in total. The summed E-state index contributed by atoms with van der Waals surface area (Å²) in [5.74, 6) is 0.152. The van der Waals surface area contributed by atoms with Crippen LogP contribution in [0, 0.1) is 17.3 Å². The van der Waals surface area contributed by atoms with Crippen LogP contribution in [0.15, 0.2) is 11.6 Å². The fourth-order valence-electron chi connectivity index (χ4n) is 2.25. The summed E-state index contributed by atoms with van der Waals surface area (Å²) < 4.78 is 0. The molecule has 4 heteroatoms. The maximum absolute atomic E-state index is 11.5. The Bertz CT molecular complexity index is 297. The monoisotopic (exact) mass is 227 g/mol. The first-order valence-electron chi connectivity index (χ1n) is 5.51. The predicted molar refractivity (Wildman–Crippen MR) is 61.6 cm³/mol. The fourth-order valence-corrected chi connectivity index (χ4v) is 2.25. The molecule has 0 saturated heterocycles. The van der Waals surface area contributed by atoms with Gasteiger partial charge in [0.05, 0.1) is 7.11 Å². The molecule has 1 fully saturated rings. The second-order valence-electron chi connectivity index (χ2n) is 4.99. The van der Waals surface area contributed by atoms with Crippen LogP contribution in [0.1, 0.15) is 20.8 Å². The molecule has 1 aliphatic carbocycles. The molecule has 0 aromatic carbocycles. The summed E-state index contributed by atoms with van der Waals surface area (Å²) in [4.78, 5) is 16.2. The van der Waals surface area contributed by atoms with Gasteiger partial charge in [-0.1, -0.05) is 25.5 Å². The molecule has 0 bridgehead atoms. The Balaban J connectivity index is 2.59. The largest absolute Gasteiger partial charge is 0.389 e. The van der Waals surface area contributed by atoms with Crippen molar-refractivity contribution in [2.45, 2.75) is 20.8 Å². The van der Waals surface area contributed by atoms with E-state index in [4.69, 9.17) is 9.94 Å². The van der Waals surface area contributed by atoms with Gasteiger partial charge in [-0.25, -0.2) is 0 Å². The number of carbonyl (C=O) groups is 1. The molecule has 0 spiro atoms. The standard InChI is InChI=1S/C12H21NO3/c1-8(6-13-16-4)5-9-11(10(15)7-14)12(9,2)3/h5,9,11,13-14H,6-7H2,1-4H3. The summed E-state index contributed by atoms with van der Waals surface area (Å²) >= 11 is 0. The normalized spacial score (nSPS) is 27.9. The van der Waals surface area contributed by atoms with Crippen molar-refractivity contribution in [3.63, 3.8) is 0 Å². The van der Waals surface area contributed by atoms with Gasteiger partial charge in [0.1, 0.15) is 6.61 Å². The number of ketones is 1. The Morgan fingerprint density at radius 3 is 2.69 bits per heavy atom. The molecule has 1 aliphatic rings. The lowest BCUT2D eigenvalue weighted by Gasteiger charge is -2.02. The molecule has 16 heavy (non-hydrogen) atoms. The van der Waals surface area contributed by atoms with Crippen molar-refractivity contribution in [3.05, 3.63) is 11.6 Å². The third kappa shape index (κ3) is 2.70. The lowest BCUT2D eigenvalue weighted by atomic mass is 10.1. The number of hydrogen-bond acceptors (Lipinski definition) is 4. The number of nitrogens with one attached hydrogen (secondary N) is 1. The van der Waals surface area contributed by atoms with Crippen molar-refractivity contribution in [1.82, 2.24) is 5.48 Å². The SMILES string of the molecule is CONCC(C)=CC1C(C(=O)CO)C1(C)C. The molecule has 0 aliphatic heterocycles. The summed E-state index contributed by atoms with van der Waals surface area (Å²) in [5.41, 5.74) is 3.89. The van der Waals surface area contributed by atoms with Crippen LogP contribution >= 0.6 is 0 Å². The molecule has 0 heterocycles. The van der Waals surface area contributed by atoms with Gasteiger partial charge in [-0.15, -0.1) is 0 Å². The minimum absolute atomic E-state index is 0.0197. The highest BCUT2D eigenvalue weighted by Crippen LogP contribution is 2.59. The molecular weight excluding hydrogens is 206 g/mol. The number of hydroxylamine groups is 1. The van der Waals surface area contributed by atoms with Crippen molar-refractivity contribution in [2.75, 3.05) is 20.3 Å².